The second kappa shape index (κ2) is 4.58. The highest BCUT2D eigenvalue weighted by atomic mass is 32.1. The molecule has 1 aromatic carbocycles. The Kier molecular flexibility index (Phi) is 2.79. The van der Waals surface area contributed by atoms with Gasteiger partial charge in [0.2, 0.25) is 0 Å². The second-order valence-corrected chi connectivity index (χ2v) is 8.88. The van der Waals surface area contributed by atoms with Gasteiger partial charge in [-0.1, -0.05) is 6.07 Å². The zero-order chi connectivity index (χ0) is 15.8. The van der Waals surface area contributed by atoms with Gasteiger partial charge >= 0.3 is 0 Å². The monoisotopic (exact) mass is 326 g/mol. The minimum atomic E-state index is 0.178. The maximum absolute atomic E-state index is 10.1. The Morgan fingerprint density at radius 2 is 2.22 bits per heavy atom. The van der Waals surface area contributed by atoms with E-state index in [1.165, 1.54) is 33.1 Å². The van der Waals surface area contributed by atoms with E-state index in [2.05, 4.69) is 24.9 Å². The van der Waals surface area contributed by atoms with Gasteiger partial charge in [0, 0.05) is 22.8 Å². The summed E-state index contributed by atoms with van der Waals surface area (Å²) in [5.74, 6) is 1.07. The lowest BCUT2D eigenvalue weighted by molar-refractivity contribution is 0.0243. The molecule has 2 heterocycles. The van der Waals surface area contributed by atoms with Crippen molar-refractivity contribution in [3.05, 3.63) is 44.9 Å². The fourth-order valence-corrected chi connectivity index (χ4v) is 6.43. The maximum atomic E-state index is 10.1. The van der Waals surface area contributed by atoms with Crippen molar-refractivity contribution in [1.82, 2.24) is 9.88 Å². The molecule has 2 aromatic rings. The van der Waals surface area contributed by atoms with Gasteiger partial charge < -0.3 is 10.0 Å². The van der Waals surface area contributed by atoms with Crippen molar-refractivity contribution in [2.75, 3.05) is 13.6 Å². The van der Waals surface area contributed by atoms with Gasteiger partial charge in [-0.25, -0.2) is 4.98 Å². The van der Waals surface area contributed by atoms with E-state index in [4.69, 9.17) is 4.98 Å². The molecule has 5 rings (SSSR count). The second-order valence-electron chi connectivity index (χ2n) is 7.59. The van der Waals surface area contributed by atoms with Crippen molar-refractivity contribution in [2.24, 2.45) is 5.92 Å². The first-order chi connectivity index (χ1) is 11.1. The van der Waals surface area contributed by atoms with Gasteiger partial charge in [-0.3, -0.25) is 0 Å². The van der Waals surface area contributed by atoms with Crippen LogP contribution in [0, 0.1) is 12.8 Å². The number of phenols is 1. The van der Waals surface area contributed by atoms with Gasteiger partial charge in [0.15, 0.2) is 0 Å². The van der Waals surface area contributed by atoms with Crippen LogP contribution in [0.3, 0.4) is 0 Å². The standard InChI is InChI=1S/C19H22N2OS/c1-11-20-16-10-19-5-6-21(2)17(15(19)9-18(16)23-11)7-12-3-4-13(22)8-14(12)19/h3-4,8,15,17,22H,5-7,9-10H2,1-2H3/t15-,17-,19-/m0/s1. The number of likely N-dealkylation sites (tertiary alicyclic amines) is 1. The van der Waals surface area contributed by atoms with E-state index in [1.807, 2.05) is 23.5 Å². The Hall–Kier alpha value is -1.39. The normalized spacial score (nSPS) is 32.1. The van der Waals surface area contributed by atoms with Crippen molar-refractivity contribution >= 4 is 11.3 Å². The van der Waals surface area contributed by atoms with E-state index >= 15 is 0 Å². The van der Waals surface area contributed by atoms with Crippen LogP contribution >= 0.6 is 11.3 Å². The number of rotatable bonds is 0. The highest BCUT2D eigenvalue weighted by Gasteiger charge is 2.55. The number of hydrogen-bond acceptors (Lipinski definition) is 4. The Morgan fingerprint density at radius 3 is 3.09 bits per heavy atom. The van der Waals surface area contributed by atoms with Crippen LogP contribution in [-0.2, 0) is 24.7 Å². The van der Waals surface area contributed by atoms with Crippen LogP contribution in [0.1, 0.15) is 33.1 Å². The maximum Gasteiger partial charge on any atom is 0.115 e. The van der Waals surface area contributed by atoms with Crippen molar-refractivity contribution in [2.45, 2.75) is 44.1 Å². The summed E-state index contributed by atoms with van der Waals surface area (Å²) in [4.78, 5) is 8.91. The van der Waals surface area contributed by atoms with Crippen molar-refractivity contribution in [1.29, 1.82) is 0 Å². The molecule has 23 heavy (non-hydrogen) atoms. The highest BCUT2D eigenvalue weighted by Crippen LogP contribution is 2.55. The van der Waals surface area contributed by atoms with Gasteiger partial charge in [0.1, 0.15) is 5.75 Å². The third-order valence-electron chi connectivity index (χ3n) is 6.48. The van der Waals surface area contributed by atoms with Crippen molar-refractivity contribution in [3.8, 4) is 5.75 Å². The zero-order valence-corrected chi connectivity index (χ0v) is 14.5. The van der Waals surface area contributed by atoms with E-state index in [0.29, 0.717) is 17.7 Å². The van der Waals surface area contributed by atoms with Crippen molar-refractivity contribution < 1.29 is 5.11 Å². The smallest absolute Gasteiger partial charge is 0.115 e. The molecule has 120 valence electrons. The van der Waals surface area contributed by atoms with E-state index in [0.717, 1.165) is 25.8 Å². The summed E-state index contributed by atoms with van der Waals surface area (Å²) in [5.41, 5.74) is 4.34. The topological polar surface area (TPSA) is 36.4 Å². The molecule has 3 aliphatic rings. The number of phenolic OH excluding ortho intramolecular Hbond substituents is 1. The molecule has 2 bridgehead atoms. The Morgan fingerprint density at radius 1 is 1.35 bits per heavy atom. The Balaban J connectivity index is 1.74. The highest BCUT2D eigenvalue weighted by molar-refractivity contribution is 7.11. The molecule has 1 N–H and O–H groups in total. The zero-order valence-electron chi connectivity index (χ0n) is 13.7. The van der Waals surface area contributed by atoms with Gasteiger partial charge in [0.25, 0.3) is 0 Å². The molecular formula is C19H22N2OS. The first-order valence-electron chi connectivity index (χ1n) is 8.55. The number of aromatic hydroxyl groups is 1. The van der Waals surface area contributed by atoms with E-state index in [1.54, 1.807) is 0 Å². The molecule has 1 aromatic heterocycles. The molecule has 3 atom stereocenters. The molecule has 2 aliphatic carbocycles. The number of aromatic nitrogens is 1. The lowest BCUT2D eigenvalue weighted by atomic mass is 9.53. The van der Waals surface area contributed by atoms with Crippen LogP contribution in [0.4, 0.5) is 0 Å². The number of hydrogen-bond donors (Lipinski definition) is 1. The fourth-order valence-electron chi connectivity index (χ4n) is 5.42. The molecule has 3 nitrogen and oxygen atoms in total. The van der Waals surface area contributed by atoms with Gasteiger partial charge in [-0.15, -0.1) is 11.3 Å². The van der Waals surface area contributed by atoms with Gasteiger partial charge in [0.05, 0.1) is 10.7 Å². The first kappa shape index (κ1) is 14.0. The summed E-state index contributed by atoms with van der Waals surface area (Å²) in [6.07, 6.45) is 4.51. The minimum absolute atomic E-state index is 0.178. The lowest BCUT2D eigenvalue weighted by Gasteiger charge is -2.57. The number of nitrogens with zero attached hydrogens (tertiary/aromatic N) is 2. The SMILES string of the molecule is Cc1nc2c(s1)C[C@H]1[C@@H]3Cc4ccc(O)cc4[C@]1(CCN3C)C2. The number of fused-ring (bicyclic) bond motifs is 2. The summed E-state index contributed by atoms with van der Waals surface area (Å²) < 4.78 is 0. The van der Waals surface area contributed by atoms with Crippen LogP contribution in [-0.4, -0.2) is 34.6 Å². The molecular weight excluding hydrogens is 304 g/mol. The molecule has 1 aliphatic heterocycles. The molecule has 0 spiro atoms. The molecule has 1 saturated heterocycles. The first-order valence-corrected chi connectivity index (χ1v) is 9.36. The molecule has 0 amide bonds. The molecule has 4 heteroatoms. The van der Waals surface area contributed by atoms with E-state index in [-0.39, 0.29) is 5.41 Å². The summed E-state index contributed by atoms with van der Waals surface area (Å²) in [5, 5.41) is 11.3. The summed E-state index contributed by atoms with van der Waals surface area (Å²) in [6.45, 7) is 3.27. The average Bonchev–Trinajstić information content (AvgIpc) is 2.88. The summed E-state index contributed by atoms with van der Waals surface area (Å²) in [6, 6.07) is 6.67. The molecule has 0 saturated carbocycles. The number of aryl methyl sites for hydroxylation is 1. The Labute approximate surface area is 141 Å². The van der Waals surface area contributed by atoms with Gasteiger partial charge in [-0.2, -0.15) is 0 Å². The number of thiazole rings is 1. The van der Waals surface area contributed by atoms with Crippen LogP contribution in [0.25, 0.3) is 0 Å². The lowest BCUT2D eigenvalue weighted by Crippen LogP contribution is -2.61. The van der Waals surface area contributed by atoms with Crippen LogP contribution in [0.5, 0.6) is 5.75 Å². The summed E-state index contributed by atoms with van der Waals surface area (Å²) in [7, 11) is 2.29. The van der Waals surface area contributed by atoms with Crippen LogP contribution in [0.15, 0.2) is 18.2 Å². The largest absolute Gasteiger partial charge is 0.508 e. The van der Waals surface area contributed by atoms with E-state index in [9.17, 15) is 5.11 Å². The molecule has 0 radical (unpaired) electrons. The number of likely N-dealkylation sites (N-methyl/N-ethyl adjacent to an activating group) is 1. The average molecular weight is 326 g/mol. The molecule has 1 fully saturated rings. The number of benzene rings is 1. The predicted octanol–water partition coefficient (Wildman–Crippen LogP) is 3.07. The quantitative estimate of drug-likeness (QED) is 0.808. The third-order valence-corrected chi connectivity index (χ3v) is 7.52. The number of piperidine rings is 1. The fraction of sp³-hybridized carbons (Fsp3) is 0.526. The van der Waals surface area contributed by atoms with Crippen molar-refractivity contribution in [3.63, 3.8) is 0 Å². The predicted molar refractivity (Wildman–Crippen MR) is 92.3 cm³/mol. The van der Waals surface area contributed by atoms with Crippen LogP contribution < -0.4 is 0 Å². The third kappa shape index (κ3) is 1.82. The van der Waals surface area contributed by atoms with E-state index < -0.39 is 0 Å². The summed E-state index contributed by atoms with van der Waals surface area (Å²) >= 11 is 1.89. The molecule has 0 unspecified atom stereocenters. The van der Waals surface area contributed by atoms with Crippen LogP contribution in [0.2, 0.25) is 0 Å². The van der Waals surface area contributed by atoms with Gasteiger partial charge in [-0.05, 0) is 69.0 Å². The Bertz CT molecular complexity index is 799. The minimum Gasteiger partial charge on any atom is -0.508 e.